The number of aliphatic carboxylic acids is 1. The average Bonchev–Trinajstić information content (AvgIpc) is 3.91. The molecule has 4 heterocycles. The Morgan fingerprint density at radius 1 is 0.580 bits per heavy atom. The van der Waals surface area contributed by atoms with E-state index in [1.54, 1.807) is 26.6 Å². The summed E-state index contributed by atoms with van der Waals surface area (Å²) in [6.45, 7) is 14.5. The minimum absolute atomic E-state index is 0. The SMILES string of the molecule is CC(=O)O.CCc1c(CC)c2cc3nc(cnc4cc(OCCOCCOCCOC)c(OCCOCCOCCOC)cc4ncc4nc(cc1[n-]2)C(CCCO)=C4C)C(C)=C3CCCO.[CH3-].[Gd+2]. The molecule has 17 nitrogen and oxygen atoms in total. The van der Waals surface area contributed by atoms with Crippen molar-refractivity contribution in [3.63, 3.8) is 0 Å². The summed E-state index contributed by atoms with van der Waals surface area (Å²) in [5.41, 5.74) is 12.2. The second-order valence-electron chi connectivity index (χ2n) is 15.4. The maximum absolute atomic E-state index is 9.85. The van der Waals surface area contributed by atoms with Gasteiger partial charge < -0.3 is 65.6 Å². The van der Waals surface area contributed by atoms with E-state index in [0.717, 1.165) is 64.5 Å². The van der Waals surface area contributed by atoms with Gasteiger partial charge in [-0.2, -0.15) is 0 Å². The summed E-state index contributed by atoms with van der Waals surface area (Å²) in [7, 11) is 3.27. The topological polar surface area (TPSA) is 217 Å². The van der Waals surface area contributed by atoms with E-state index in [9.17, 15) is 10.2 Å². The van der Waals surface area contributed by atoms with Crippen molar-refractivity contribution in [2.75, 3.05) is 107 Å². The van der Waals surface area contributed by atoms with Crippen molar-refractivity contribution in [3.05, 3.63) is 78.0 Å². The minimum atomic E-state index is -0.833. The number of fused-ring (bicyclic) bond motifs is 7. The number of benzene rings is 1. The number of aromatic nitrogens is 5. The molecule has 382 valence electrons. The Morgan fingerprint density at radius 2 is 0.928 bits per heavy atom. The summed E-state index contributed by atoms with van der Waals surface area (Å²) < 4.78 is 45.3. The van der Waals surface area contributed by atoms with Gasteiger partial charge >= 0.3 is 39.9 Å². The van der Waals surface area contributed by atoms with Crippen molar-refractivity contribution in [3.8, 4) is 11.5 Å². The molecule has 0 amide bonds. The van der Waals surface area contributed by atoms with Crippen LogP contribution in [-0.4, -0.2) is 148 Å². The molecule has 0 spiro atoms. The minimum Gasteiger partial charge on any atom is -0.657 e. The molecule has 1 aromatic carbocycles. The molecule has 3 N–H and O–H groups in total. The smallest absolute Gasteiger partial charge is 0.657 e. The summed E-state index contributed by atoms with van der Waals surface area (Å²) in [6, 6.07) is 7.78. The van der Waals surface area contributed by atoms with Crippen LogP contribution in [0.3, 0.4) is 0 Å². The van der Waals surface area contributed by atoms with Crippen LogP contribution in [-0.2, 0) is 46.1 Å². The third-order valence-corrected chi connectivity index (χ3v) is 10.7. The van der Waals surface area contributed by atoms with Crippen LogP contribution in [0.2, 0.25) is 0 Å². The maximum Gasteiger partial charge on any atom is 2.00 e. The standard InChI is InChI=1S/C48H66N5O10.C2H4O2.CH3.Gd/c1-7-35-36(8-2)40-28-42-38(12-10-14-55)34(4)46(53-42)32-50-44-30-48(63-26-24-61-22-20-59-18-16-57-6)47(62-25-23-60-21-19-58-17-15-56-5)29-43(44)49-31-45-33(3)37(11-9-13-54)41(52-45)27-39(35)51-40;1-2(3)4;;/h27-32,54-55H,7-26H2,1-6H3;1H3,(H,3,4);1H3;/q-1;;-1;+2. The van der Waals surface area contributed by atoms with Crippen LogP contribution in [0.4, 0.5) is 0 Å². The van der Waals surface area contributed by atoms with Gasteiger partial charge in [-0.1, -0.05) is 37.1 Å². The van der Waals surface area contributed by atoms with E-state index in [4.69, 9.17) is 72.7 Å². The zero-order valence-electron chi connectivity index (χ0n) is 41.7. The van der Waals surface area contributed by atoms with E-state index in [0.29, 0.717) is 126 Å². The van der Waals surface area contributed by atoms with Gasteiger partial charge in [0.05, 0.1) is 112 Å². The van der Waals surface area contributed by atoms with E-state index in [-0.39, 0.29) is 73.8 Å². The molecule has 2 aromatic heterocycles. The number of aliphatic hydroxyl groups excluding tert-OH is 2. The predicted octanol–water partition coefficient (Wildman–Crippen LogP) is 7.16. The van der Waals surface area contributed by atoms with Crippen molar-refractivity contribution in [2.45, 2.75) is 73.1 Å². The van der Waals surface area contributed by atoms with Gasteiger partial charge in [0.2, 0.25) is 0 Å². The van der Waals surface area contributed by atoms with Gasteiger partial charge in [0.1, 0.15) is 13.2 Å². The summed E-state index contributed by atoms with van der Waals surface area (Å²) in [5.74, 6) is 0.0873. The molecule has 0 atom stereocenters. The van der Waals surface area contributed by atoms with Crippen LogP contribution in [0, 0.1) is 47.4 Å². The number of hydrogen-bond acceptors (Lipinski definition) is 15. The Bertz CT molecular complexity index is 2150. The molecule has 5 rings (SSSR count). The summed E-state index contributed by atoms with van der Waals surface area (Å²) in [6.07, 6.45) is 7.61. The fourth-order valence-electron chi connectivity index (χ4n) is 7.33. The molecule has 0 unspecified atom stereocenters. The van der Waals surface area contributed by atoms with Gasteiger partial charge in [0.25, 0.3) is 5.97 Å². The van der Waals surface area contributed by atoms with Crippen molar-refractivity contribution in [2.24, 2.45) is 0 Å². The molecule has 2 aliphatic rings. The number of nitrogens with zero attached hydrogens (tertiary/aromatic N) is 5. The van der Waals surface area contributed by atoms with Gasteiger partial charge in [-0.15, -0.1) is 11.0 Å². The van der Waals surface area contributed by atoms with Gasteiger partial charge in [0, 0.05) is 46.5 Å². The molecule has 6 bridgehead atoms. The first kappa shape index (κ1) is 61.3. The Labute approximate surface area is 439 Å². The maximum atomic E-state index is 9.85. The van der Waals surface area contributed by atoms with Crippen LogP contribution in [0.1, 0.15) is 94.2 Å². The fourth-order valence-corrected chi connectivity index (χ4v) is 7.33. The first-order chi connectivity index (χ1) is 32.6. The number of ether oxygens (including phenoxy) is 8. The van der Waals surface area contributed by atoms with Gasteiger partial charge in [-0.3, -0.25) is 14.8 Å². The van der Waals surface area contributed by atoms with Crippen molar-refractivity contribution >= 4 is 50.3 Å². The number of carbonyl (C=O) groups is 1. The van der Waals surface area contributed by atoms with E-state index in [1.807, 2.05) is 26.0 Å². The van der Waals surface area contributed by atoms with E-state index >= 15 is 0 Å². The number of hydrogen-bond donors (Lipinski definition) is 3. The van der Waals surface area contributed by atoms with Gasteiger partial charge in [-0.05, 0) is 74.7 Å². The molecule has 0 fully saturated rings. The third kappa shape index (κ3) is 19.7. The normalized spacial score (nSPS) is 12.0. The Kier molecular flexibility index (Phi) is 30.7. The molecule has 18 heteroatoms. The second kappa shape index (κ2) is 34.5. The predicted molar refractivity (Wildman–Crippen MR) is 264 cm³/mol. The number of aliphatic hydroxyl groups is 2. The van der Waals surface area contributed by atoms with Crippen LogP contribution in [0.25, 0.3) is 44.4 Å². The molecule has 0 saturated carbocycles. The summed E-state index contributed by atoms with van der Waals surface area (Å²) in [4.78, 5) is 34.5. The molecule has 0 saturated heterocycles. The van der Waals surface area contributed by atoms with Crippen LogP contribution in [0.15, 0.2) is 36.7 Å². The molecule has 0 aliphatic carbocycles. The Hall–Kier alpha value is -3.79. The molecule has 69 heavy (non-hydrogen) atoms. The molecule has 0 radical (unpaired) electrons. The van der Waals surface area contributed by atoms with Gasteiger partial charge in [-0.25, -0.2) is 9.97 Å². The summed E-state index contributed by atoms with van der Waals surface area (Å²) >= 11 is 0. The number of allylic oxidation sites excluding steroid dienone is 4. The second-order valence-corrected chi connectivity index (χ2v) is 15.4. The molecular formula is C51H73GdN5O12. The van der Waals surface area contributed by atoms with E-state index in [1.165, 1.54) is 11.1 Å². The van der Waals surface area contributed by atoms with Crippen LogP contribution >= 0.6 is 0 Å². The average molecular weight is 1110 g/mol. The zero-order valence-corrected chi connectivity index (χ0v) is 44.0. The van der Waals surface area contributed by atoms with E-state index < -0.39 is 5.97 Å². The molecule has 2 aliphatic heterocycles. The first-order valence-electron chi connectivity index (χ1n) is 23.0. The van der Waals surface area contributed by atoms with Crippen molar-refractivity contribution in [1.82, 2.24) is 24.9 Å². The first-order valence-corrected chi connectivity index (χ1v) is 23.0. The third-order valence-electron chi connectivity index (χ3n) is 10.7. The van der Waals surface area contributed by atoms with E-state index in [2.05, 4.69) is 26.0 Å². The van der Waals surface area contributed by atoms with Crippen LogP contribution in [0.5, 0.6) is 11.5 Å². The number of carboxylic acid groups (broad SMARTS) is 1. The number of methoxy groups -OCH3 is 2. The number of rotatable bonds is 28. The molecule has 3 aromatic rings. The Balaban J connectivity index is 0.00000262. The molecular weight excluding hydrogens is 1030 g/mol. The summed E-state index contributed by atoms with van der Waals surface area (Å²) in [5, 5.41) is 27.1. The van der Waals surface area contributed by atoms with Crippen molar-refractivity contribution < 1.29 is 97.9 Å². The zero-order chi connectivity index (χ0) is 48.4. The van der Waals surface area contributed by atoms with Crippen LogP contribution < -0.4 is 14.5 Å². The van der Waals surface area contributed by atoms with Crippen molar-refractivity contribution in [1.29, 1.82) is 0 Å². The quantitative estimate of drug-likeness (QED) is 0.0486. The monoisotopic (exact) mass is 1110 g/mol. The number of carboxylic acids is 1. The van der Waals surface area contributed by atoms with Gasteiger partial charge in [0.15, 0.2) is 11.5 Å². The Morgan fingerprint density at radius 3 is 1.26 bits per heavy atom. The number of aryl methyl sites for hydroxylation is 2. The fraction of sp³-hybridized carbons (Fsp3) is 0.529. The largest absolute Gasteiger partial charge is 2.00 e.